The second-order valence-corrected chi connectivity index (χ2v) is 5.34. The summed E-state index contributed by atoms with van der Waals surface area (Å²) in [5.74, 6) is 0.129. The molecule has 21 heavy (non-hydrogen) atoms. The van der Waals surface area contributed by atoms with Gasteiger partial charge in [-0.15, -0.1) is 0 Å². The zero-order chi connectivity index (χ0) is 15.6. The molecule has 1 aliphatic rings. The molecule has 1 aromatic rings. The van der Waals surface area contributed by atoms with Crippen LogP contribution in [0.2, 0.25) is 0 Å². The first kappa shape index (κ1) is 15.5. The number of halogens is 1. The fourth-order valence-electron chi connectivity index (χ4n) is 1.74. The van der Waals surface area contributed by atoms with Crippen molar-refractivity contribution in [3.8, 4) is 11.5 Å². The molecule has 110 valence electrons. The van der Waals surface area contributed by atoms with Crippen LogP contribution >= 0.6 is 22.6 Å². The van der Waals surface area contributed by atoms with E-state index in [9.17, 15) is 9.59 Å². The van der Waals surface area contributed by atoms with Crippen molar-refractivity contribution < 1.29 is 23.8 Å². The van der Waals surface area contributed by atoms with E-state index in [4.69, 9.17) is 14.2 Å². The molecule has 1 aromatic carbocycles. The minimum absolute atomic E-state index is 0.214. The first-order chi connectivity index (χ1) is 9.90. The Morgan fingerprint density at radius 1 is 1.43 bits per heavy atom. The standard InChI is InChI=1S/C14H12INO5/c1-7-16-11(14(18)20-7)5-9-4-10(15)13(21-8(2)17)12(6-9)19-3/h4-6H,1-3H3/b11-5+. The zero-order valence-corrected chi connectivity index (χ0v) is 13.8. The Kier molecular flexibility index (Phi) is 4.61. The Balaban J connectivity index is 2.43. The van der Waals surface area contributed by atoms with E-state index in [1.165, 1.54) is 14.0 Å². The van der Waals surface area contributed by atoms with Gasteiger partial charge in [0.05, 0.1) is 10.7 Å². The average molecular weight is 401 g/mol. The molecule has 0 bridgehead atoms. The Labute approximate surface area is 134 Å². The number of carbonyl (C=O) groups is 2. The van der Waals surface area contributed by atoms with Crippen molar-refractivity contribution in [3.05, 3.63) is 27.0 Å². The molecule has 0 aromatic heterocycles. The first-order valence-electron chi connectivity index (χ1n) is 5.96. The predicted octanol–water partition coefficient (Wildman–Crippen LogP) is 2.54. The molecule has 0 unspecified atom stereocenters. The van der Waals surface area contributed by atoms with Crippen molar-refractivity contribution in [2.45, 2.75) is 13.8 Å². The van der Waals surface area contributed by atoms with Crippen LogP contribution < -0.4 is 9.47 Å². The van der Waals surface area contributed by atoms with Gasteiger partial charge >= 0.3 is 11.9 Å². The number of ether oxygens (including phenoxy) is 3. The SMILES string of the molecule is COc1cc(/C=C2/N=C(C)OC2=O)cc(I)c1OC(C)=O. The Hall–Kier alpha value is -1.90. The summed E-state index contributed by atoms with van der Waals surface area (Å²) in [5, 5.41) is 0. The van der Waals surface area contributed by atoms with Crippen LogP contribution in [0.5, 0.6) is 11.5 Å². The van der Waals surface area contributed by atoms with Crippen molar-refractivity contribution in [3.63, 3.8) is 0 Å². The van der Waals surface area contributed by atoms with Gasteiger partial charge in [0.1, 0.15) is 0 Å². The van der Waals surface area contributed by atoms with Crippen molar-refractivity contribution in [1.82, 2.24) is 0 Å². The third kappa shape index (κ3) is 3.60. The van der Waals surface area contributed by atoms with Gasteiger partial charge in [0.2, 0.25) is 0 Å². The van der Waals surface area contributed by atoms with Crippen molar-refractivity contribution in [2.24, 2.45) is 4.99 Å². The van der Waals surface area contributed by atoms with E-state index in [1.54, 1.807) is 25.1 Å². The van der Waals surface area contributed by atoms with E-state index in [0.29, 0.717) is 26.5 Å². The van der Waals surface area contributed by atoms with Gasteiger partial charge in [-0.25, -0.2) is 9.79 Å². The smallest absolute Gasteiger partial charge is 0.363 e. The molecule has 0 aliphatic carbocycles. The van der Waals surface area contributed by atoms with Gasteiger partial charge in [-0.1, -0.05) is 0 Å². The number of hydrogen-bond donors (Lipinski definition) is 0. The van der Waals surface area contributed by atoms with Gasteiger partial charge in [0, 0.05) is 13.8 Å². The van der Waals surface area contributed by atoms with Crippen LogP contribution in [0, 0.1) is 3.57 Å². The maximum Gasteiger partial charge on any atom is 0.363 e. The number of cyclic esters (lactones) is 1. The average Bonchev–Trinajstić information content (AvgIpc) is 2.70. The molecule has 7 heteroatoms. The van der Waals surface area contributed by atoms with E-state index < -0.39 is 11.9 Å². The molecular formula is C14H12INO5. The van der Waals surface area contributed by atoms with E-state index in [0.717, 1.165) is 0 Å². The maximum atomic E-state index is 11.5. The van der Waals surface area contributed by atoms with Crippen LogP contribution in [-0.2, 0) is 14.3 Å². The Morgan fingerprint density at radius 2 is 2.14 bits per heavy atom. The fraction of sp³-hybridized carbons (Fsp3) is 0.214. The quantitative estimate of drug-likeness (QED) is 0.337. The first-order valence-corrected chi connectivity index (χ1v) is 7.03. The monoisotopic (exact) mass is 401 g/mol. The van der Waals surface area contributed by atoms with Gasteiger partial charge in [-0.05, 0) is 46.4 Å². The van der Waals surface area contributed by atoms with Crippen molar-refractivity contribution >= 4 is 46.5 Å². The molecule has 0 saturated heterocycles. The number of esters is 2. The molecular weight excluding hydrogens is 389 g/mol. The summed E-state index contributed by atoms with van der Waals surface area (Å²) in [6.07, 6.45) is 1.58. The minimum Gasteiger partial charge on any atom is -0.493 e. The Bertz CT molecular complexity index is 678. The van der Waals surface area contributed by atoms with Crippen molar-refractivity contribution in [2.75, 3.05) is 7.11 Å². The molecule has 0 spiro atoms. The Morgan fingerprint density at radius 3 is 2.67 bits per heavy atom. The molecule has 0 fully saturated rings. The highest BCUT2D eigenvalue weighted by Gasteiger charge is 2.20. The van der Waals surface area contributed by atoms with Gasteiger partial charge in [0.25, 0.3) is 0 Å². The predicted molar refractivity (Wildman–Crippen MR) is 84.2 cm³/mol. The lowest BCUT2D eigenvalue weighted by Crippen LogP contribution is -2.05. The van der Waals surface area contributed by atoms with E-state index in [-0.39, 0.29) is 5.70 Å². The van der Waals surface area contributed by atoms with Crippen LogP contribution in [0.1, 0.15) is 19.4 Å². The summed E-state index contributed by atoms with van der Waals surface area (Å²) in [7, 11) is 1.47. The third-order valence-corrected chi connectivity index (χ3v) is 3.33. The van der Waals surface area contributed by atoms with Gasteiger partial charge in [-0.3, -0.25) is 4.79 Å². The zero-order valence-electron chi connectivity index (χ0n) is 11.6. The van der Waals surface area contributed by atoms with Gasteiger partial charge in [-0.2, -0.15) is 0 Å². The molecule has 0 atom stereocenters. The molecule has 6 nitrogen and oxygen atoms in total. The van der Waals surface area contributed by atoms with Crippen molar-refractivity contribution in [1.29, 1.82) is 0 Å². The second kappa shape index (κ2) is 6.25. The number of aliphatic imine (C=N–C) groups is 1. The van der Waals surface area contributed by atoms with Crippen LogP contribution in [0.4, 0.5) is 0 Å². The summed E-state index contributed by atoms with van der Waals surface area (Å²) >= 11 is 2.03. The van der Waals surface area contributed by atoms with Crippen LogP contribution in [-0.4, -0.2) is 24.9 Å². The molecule has 1 heterocycles. The normalized spacial score (nSPS) is 15.7. The summed E-state index contributed by atoms with van der Waals surface area (Å²) in [5.41, 5.74) is 0.906. The third-order valence-electron chi connectivity index (χ3n) is 2.53. The lowest BCUT2D eigenvalue weighted by Gasteiger charge is -2.11. The highest BCUT2D eigenvalue weighted by Crippen LogP contribution is 2.35. The highest BCUT2D eigenvalue weighted by molar-refractivity contribution is 14.1. The van der Waals surface area contributed by atoms with Gasteiger partial charge < -0.3 is 14.2 Å². The molecule has 0 saturated carbocycles. The lowest BCUT2D eigenvalue weighted by atomic mass is 10.1. The molecule has 0 N–H and O–H groups in total. The minimum atomic E-state index is -0.495. The summed E-state index contributed by atoms with van der Waals surface area (Å²) in [4.78, 5) is 26.6. The van der Waals surface area contributed by atoms with E-state index in [2.05, 4.69) is 4.99 Å². The number of hydrogen-bond acceptors (Lipinski definition) is 6. The summed E-state index contributed by atoms with van der Waals surface area (Å²) in [6, 6.07) is 3.41. The number of nitrogens with zero attached hydrogens (tertiary/aromatic N) is 1. The van der Waals surface area contributed by atoms with Crippen LogP contribution in [0.25, 0.3) is 6.08 Å². The largest absolute Gasteiger partial charge is 0.493 e. The fourth-order valence-corrected chi connectivity index (χ4v) is 2.47. The van der Waals surface area contributed by atoms with E-state index in [1.807, 2.05) is 22.6 Å². The second-order valence-electron chi connectivity index (χ2n) is 4.18. The molecule has 1 aliphatic heterocycles. The topological polar surface area (TPSA) is 74.2 Å². The lowest BCUT2D eigenvalue weighted by molar-refractivity contribution is -0.132. The maximum absolute atomic E-state index is 11.5. The summed E-state index contributed by atoms with van der Waals surface area (Å²) in [6.45, 7) is 2.92. The summed E-state index contributed by atoms with van der Waals surface area (Å²) < 4.78 is 15.9. The molecule has 2 rings (SSSR count). The number of methoxy groups -OCH3 is 1. The van der Waals surface area contributed by atoms with Gasteiger partial charge in [0.15, 0.2) is 23.1 Å². The van der Waals surface area contributed by atoms with E-state index >= 15 is 0 Å². The number of benzene rings is 1. The van der Waals surface area contributed by atoms with Crippen LogP contribution in [0.3, 0.4) is 0 Å². The number of rotatable bonds is 3. The molecule has 0 radical (unpaired) electrons. The molecule has 0 amide bonds. The highest BCUT2D eigenvalue weighted by atomic mass is 127. The number of carbonyl (C=O) groups excluding carboxylic acids is 2. The van der Waals surface area contributed by atoms with Crippen LogP contribution in [0.15, 0.2) is 22.8 Å².